The van der Waals surface area contributed by atoms with Gasteiger partial charge in [-0.3, -0.25) is 4.79 Å². The van der Waals surface area contributed by atoms with Gasteiger partial charge in [-0.1, -0.05) is 0 Å². The number of rotatable bonds is 5. The van der Waals surface area contributed by atoms with Crippen molar-refractivity contribution in [2.75, 3.05) is 13.1 Å². The Balaban J connectivity index is 1.51. The predicted molar refractivity (Wildman–Crippen MR) is 90.7 cm³/mol. The summed E-state index contributed by atoms with van der Waals surface area (Å²) < 4.78 is 32.8. The molecule has 0 atom stereocenters. The fourth-order valence-corrected chi connectivity index (χ4v) is 5.18. The normalized spacial score (nSPS) is 18.5. The van der Waals surface area contributed by atoms with Gasteiger partial charge in [0, 0.05) is 24.5 Å². The van der Waals surface area contributed by atoms with E-state index in [1.54, 1.807) is 10.3 Å². The Kier molecular flexibility index (Phi) is 4.34. The first kappa shape index (κ1) is 16.7. The predicted octanol–water partition coefficient (Wildman–Crippen LogP) is 1.86. The van der Waals surface area contributed by atoms with Gasteiger partial charge in [-0.15, -0.1) is 21.5 Å². The maximum absolute atomic E-state index is 12.4. The Hall–Kier alpha value is -1.78. The smallest absolute Gasteiger partial charge is 0.311 e. The van der Waals surface area contributed by atoms with Crippen molar-refractivity contribution in [1.29, 1.82) is 0 Å². The fraction of sp³-hybridized carbons (Fsp3) is 0.533. The van der Waals surface area contributed by atoms with Gasteiger partial charge in [0.25, 0.3) is 0 Å². The first-order valence-corrected chi connectivity index (χ1v) is 10.6. The van der Waals surface area contributed by atoms with Crippen molar-refractivity contribution in [3.63, 3.8) is 0 Å². The van der Waals surface area contributed by atoms with Gasteiger partial charge in [0.05, 0.1) is 5.56 Å². The number of carbonyl (C=O) groups is 1. The van der Waals surface area contributed by atoms with E-state index in [-0.39, 0.29) is 27.9 Å². The lowest BCUT2D eigenvalue weighted by Gasteiger charge is -2.24. The van der Waals surface area contributed by atoms with Gasteiger partial charge in [-0.2, -0.15) is 0 Å². The first-order valence-electron chi connectivity index (χ1n) is 8.27. The van der Waals surface area contributed by atoms with E-state index >= 15 is 0 Å². The fourth-order valence-electron chi connectivity index (χ4n) is 2.71. The van der Waals surface area contributed by atoms with Crippen molar-refractivity contribution in [3.8, 4) is 11.5 Å². The van der Waals surface area contributed by atoms with E-state index < -0.39 is 10.0 Å². The SMILES string of the molecule is O=C(c1nnc(-c2csc(S(=O)(=O)NC3CC3)c2)o1)N1CCCCC1. The van der Waals surface area contributed by atoms with Crippen LogP contribution in [-0.2, 0) is 10.0 Å². The molecular weight excluding hydrogens is 364 g/mol. The molecule has 1 amide bonds. The van der Waals surface area contributed by atoms with E-state index in [0.717, 1.165) is 43.4 Å². The highest BCUT2D eigenvalue weighted by Crippen LogP contribution is 2.30. The van der Waals surface area contributed by atoms with E-state index in [1.165, 1.54) is 6.07 Å². The minimum absolute atomic E-state index is 0.0488. The van der Waals surface area contributed by atoms with Crippen molar-refractivity contribution in [3.05, 3.63) is 17.3 Å². The van der Waals surface area contributed by atoms with Crippen LogP contribution in [0.4, 0.5) is 0 Å². The van der Waals surface area contributed by atoms with E-state index in [4.69, 9.17) is 4.42 Å². The highest BCUT2D eigenvalue weighted by atomic mass is 32.2. The van der Waals surface area contributed by atoms with Gasteiger partial charge < -0.3 is 9.32 Å². The summed E-state index contributed by atoms with van der Waals surface area (Å²) in [5, 5.41) is 9.37. The molecule has 0 unspecified atom stereocenters. The molecule has 4 rings (SSSR count). The minimum Gasteiger partial charge on any atom is -0.412 e. The molecule has 2 aromatic rings. The standard InChI is InChI=1S/C15H18N4O4S2/c20-15(19-6-2-1-3-7-19)14-17-16-13(23-14)10-8-12(24-9-10)25(21,22)18-11-4-5-11/h8-9,11,18H,1-7H2. The molecule has 0 bridgehead atoms. The van der Waals surface area contributed by atoms with Crippen LogP contribution >= 0.6 is 11.3 Å². The molecule has 1 N–H and O–H groups in total. The van der Waals surface area contributed by atoms with Crippen molar-refractivity contribution < 1.29 is 17.6 Å². The molecule has 3 heterocycles. The number of thiophene rings is 1. The van der Waals surface area contributed by atoms with Crippen LogP contribution in [0.2, 0.25) is 0 Å². The van der Waals surface area contributed by atoms with Crippen LogP contribution in [-0.4, -0.2) is 48.6 Å². The van der Waals surface area contributed by atoms with Crippen LogP contribution in [0.1, 0.15) is 42.8 Å². The maximum Gasteiger partial charge on any atom is 0.311 e. The number of nitrogens with one attached hydrogen (secondary N) is 1. The second kappa shape index (κ2) is 6.50. The van der Waals surface area contributed by atoms with Crippen molar-refractivity contribution >= 4 is 27.3 Å². The molecule has 2 fully saturated rings. The van der Waals surface area contributed by atoms with Crippen LogP contribution in [0.15, 0.2) is 20.1 Å². The summed E-state index contributed by atoms with van der Waals surface area (Å²) in [6.45, 7) is 1.40. The topological polar surface area (TPSA) is 105 Å². The average Bonchev–Trinajstić information content (AvgIpc) is 3.10. The molecule has 2 aromatic heterocycles. The summed E-state index contributed by atoms with van der Waals surface area (Å²) in [7, 11) is -3.51. The molecule has 0 spiro atoms. The highest BCUT2D eigenvalue weighted by Gasteiger charge is 2.29. The Morgan fingerprint density at radius 3 is 2.72 bits per heavy atom. The summed E-state index contributed by atoms with van der Waals surface area (Å²) in [6, 6.07) is 1.55. The Labute approximate surface area is 149 Å². The van der Waals surface area contributed by atoms with Gasteiger partial charge in [-0.25, -0.2) is 13.1 Å². The Morgan fingerprint density at radius 1 is 1.24 bits per heavy atom. The van der Waals surface area contributed by atoms with Gasteiger partial charge in [0.2, 0.25) is 15.9 Å². The third-order valence-corrected chi connectivity index (χ3v) is 7.20. The van der Waals surface area contributed by atoms with E-state index in [0.29, 0.717) is 18.7 Å². The maximum atomic E-state index is 12.4. The zero-order valence-corrected chi connectivity index (χ0v) is 15.1. The third-order valence-electron chi connectivity index (χ3n) is 4.24. The molecule has 2 aliphatic rings. The molecule has 8 nitrogen and oxygen atoms in total. The molecule has 0 radical (unpaired) electrons. The van der Waals surface area contributed by atoms with Crippen molar-refractivity contribution in [2.45, 2.75) is 42.4 Å². The number of nitrogens with zero attached hydrogens (tertiary/aromatic N) is 3. The van der Waals surface area contributed by atoms with Crippen LogP contribution < -0.4 is 4.72 Å². The number of hydrogen-bond donors (Lipinski definition) is 1. The summed E-state index contributed by atoms with van der Waals surface area (Å²) in [5.41, 5.74) is 0.506. The van der Waals surface area contributed by atoms with Crippen LogP contribution in [0.25, 0.3) is 11.5 Å². The quantitative estimate of drug-likeness (QED) is 0.846. The van der Waals surface area contributed by atoms with Crippen molar-refractivity contribution in [1.82, 2.24) is 19.8 Å². The second-order valence-corrected chi connectivity index (χ2v) is 9.17. The first-order chi connectivity index (χ1) is 12.0. The monoisotopic (exact) mass is 382 g/mol. The number of piperidine rings is 1. The molecule has 134 valence electrons. The number of amides is 1. The number of sulfonamides is 1. The molecule has 1 saturated heterocycles. The van der Waals surface area contributed by atoms with Gasteiger partial charge in [0.15, 0.2) is 0 Å². The van der Waals surface area contributed by atoms with E-state index in [9.17, 15) is 13.2 Å². The molecule has 25 heavy (non-hydrogen) atoms. The number of likely N-dealkylation sites (tertiary alicyclic amines) is 1. The molecule has 10 heteroatoms. The van der Waals surface area contributed by atoms with Crippen molar-refractivity contribution in [2.24, 2.45) is 0 Å². The van der Waals surface area contributed by atoms with Crippen LogP contribution in [0.5, 0.6) is 0 Å². The molecule has 0 aromatic carbocycles. The lowest BCUT2D eigenvalue weighted by Crippen LogP contribution is -2.35. The molecular formula is C15H18N4O4S2. The van der Waals surface area contributed by atoms with Gasteiger partial charge >= 0.3 is 11.8 Å². The van der Waals surface area contributed by atoms with Gasteiger partial charge in [-0.05, 0) is 38.2 Å². The lowest BCUT2D eigenvalue weighted by molar-refractivity contribution is 0.0684. The molecule has 1 aliphatic carbocycles. The van der Waals surface area contributed by atoms with Crippen LogP contribution in [0.3, 0.4) is 0 Å². The zero-order valence-electron chi connectivity index (χ0n) is 13.5. The second-order valence-electron chi connectivity index (χ2n) is 6.32. The van der Waals surface area contributed by atoms with Gasteiger partial charge in [0.1, 0.15) is 4.21 Å². The summed E-state index contributed by atoms with van der Waals surface area (Å²) >= 11 is 1.09. The van der Waals surface area contributed by atoms with E-state index in [2.05, 4.69) is 14.9 Å². The Bertz CT molecular complexity index is 879. The number of carbonyl (C=O) groups excluding carboxylic acids is 1. The third kappa shape index (κ3) is 3.60. The molecule has 1 saturated carbocycles. The highest BCUT2D eigenvalue weighted by molar-refractivity contribution is 7.91. The molecule has 1 aliphatic heterocycles. The number of hydrogen-bond acceptors (Lipinski definition) is 7. The summed E-state index contributed by atoms with van der Waals surface area (Å²) in [4.78, 5) is 14.1. The zero-order chi connectivity index (χ0) is 17.4. The largest absolute Gasteiger partial charge is 0.412 e. The van der Waals surface area contributed by atoms with Crippen LogP contribution in [0, 0.1) is 0 Å². The minimum atomic E-state index is -3.51. The lowest BCUT2D eigenvalue weighted by atomic mass is 10.1. The summed E-state index contributed by atoms with van der Waals surface area (Å²) in [5.74, 6) is -0.162. The summed E-state index contributed by atoms with van der Waals surface area (Å²) in [6.07, 6.45) is 4.84. The number of aromatic nitrogens is 2. The average molecular weight is 382 g/mol. The Morgan fingerprint density at radius 2 is 2.00 bits per heavy atom. The van der Waals surface area contributed by atoms with E-state index in [1.807, 2.05) is 0 Å².